The Kier molecular flexibility index (Phi) is 3.47. The predicted molar refractivity (Wildman–Crippen MR) is 68.3 cm³/mol. The summed E-state index contributed by atoms with van der Waals surface area (Å²) in [6.45, 7) is 4.80. The maximum atomic E-state index is 13.7. The Balaban J connectivity index is 2.14. The molecule has 0 atom stereocenters. The van der Waals surface area contributed by atoms with Crippen molar-refractivity contribution in [2.24, 2.45) is 11.3 Å². The minimum Gasteiger partial charge on any atom is -0.478 e. The fourth-order valence-corrected chi connectivity index (χ4v) is 2.24. The smallest absolute Gasteiger partial charge is 0.338 e. The number of hydrogen-bond donors (Lipinski definition) is 2. The molecule has 3 nitrogen and oxygen atoms in total. The molecule has 1 fully saturated rings. The number of carbonyl (C=O) groups is 1. The van der Waals surface area contributed by atoms with Crippen LogP contribution in [0.5, 0.6) is 0 Å². The van der Waals surface area contributed by atoms with Crippen molar-refractivity contribution in [3.63, 3.8) is 0 Å². The lowest BCUT2D eigenvalue weighted by molar-refractivity contribution is 0.0690. The van der Waals surface area contributed by atoms with Crippen LogP contribution in [0.15, 0.2) is 12.1 Å². The van der Waals surface area contributed by atoms with Crippen molar-refractivity contribution < 1.29 is 18.7 Å². The van der Waals surface area contributed by atoms with E-state index >= 15 is 0 Å². The second-order valence-electron chi connectivity index (χ2n) is 5.46. The van der Waals surface area contributed by atoms with Gasteiger partial charge >= 0.3 is 5.97 Å². The summed E-state index contributed by atoms with van der Waals surface area (Å²) in [5, 5.41) is 11.6. The van der Waals surface area contributed by atoms with Crippen molar-refractivity contribution in [2.75, 3.05) is 11.9 Å². The van der Waals surface area contributed by atoms with E-state index < -0.39 is 23.2 Å². The summed E-state index contributed by atoms with van der Waals surface area (Å²) in [6.07, 6.45) is 2.16. The molecule has 0 radical (unpaired) electrons. The summed E-state index contributed by atoms with van der Waals surface area (Å²) < 4.78 is 27.2. The van der Waals surface area contributed by atoms with Gasteiger partial charge in [-0.3, -0.25) is 0 Å². The number of halogens is 2. The third-order valence-corrected chi connectivity index (χ3v) is 4.06. The van der Waals surface area contributed by atoms with Gasteiger partial charge < -0.3 is 10.4 Å². The van der Waals surface area contributed by atoms with E-state index in [1.165, 1.54) is 6.07 Å². The van der Waals surface area contributed by atoms with Crippen LogP contribution in [-0.2, 0) is 0 Å². The van der Waals surface area contributed by atoms with Gasteiger partial charge in [0.1, 0.15) is 0 Å². The van der Waals surface area contributed by atoms with E-state index in [1.54, 1.807) is 0 Å². The summed E-state index contributed by atoms with van der Waals surface area (Å²) in [5.74, 6) is -3.43. The maximum absolute atomic E-state index is 13.7. The Morgan fingerprint density at radius 1 is 1.37 bits per heavy atom. The molecule has 0 spiro atoms. The highest BCUT2D eigenvalue weighted by molar-refractivity contribution is 5.88. The topological polar surface area (TPSA) is 49.3 Å². The van der Waals surface area contributed by atoms with Crippen LogP contribution < -0.4 is 5.32 Å². The van der Waals surface area contributed by atoms with Crippen LogP contribution >= 0.6 is 0 Å². The maximum Gasteiger partial charge on any atom is 0.338 e. The van der Waals surface area contributed by atoms with Gasteiger partial charge in [-0.2, -0.15) is 0 Å². The third-order valence-electron chi connectivity index (χ3n) is 4.06. The molecule has 0 amide bonds. The van der Waals surface area contributed by atoms with Gasteiger partial charge in [0, 0.05) is 6.54 Å². The molecular weight excluding hydrogens is 252 g/mol. The SMILES string of the molecule is CC(C)C1(CNc2ccc(C(=O)O)c(F)c2F)CC1. The Morgan fingerprint density at radius 2 is 2.00 bits per heavy atom. The molecule has 2 N–H and O–H groups in total. The number of aromatic carboxylic acids is 1. The van der Waals surface area contributed by atoms with Gasteiger partial charge in [-0.25, -0.2) is 13.6 Å². The Morgan fingerprint density at radius 3 is 2.47 bits per heavy atom. The molecule has 0 aromatic heterocycles. The van der Waals surface area contributed by atoms with E-state index in [9.17, 15) is 13.6 Å². The molecule has 1 aromatic carbocycles. The number of carboxylic acids is 1. The fraction of sp³-hybridized carbons (Fsp3) is 0.500. The van der Waals surface area contributed by atoms with Crippen LogP contribution in [0.1, 0.15) is 37.0 Å². The van der Waals surface area contributed by atoms with Crippen LogP contribution in [0.3, 0.4) is 0 Å². The van der Waals surface area contributed by atoms with Crippen LogP contribution in [0.2, 0.25) is 0 Å². The van der Waals surface area contributed by atoms with Gasteiger partial charge in [0.25, 0.3) is 0 Å². The second-order valence-corrected chi connectivity index (χ2v) is 5.46. The molecule has 0 bridgehead atoms. The van der Waals surface area contributed by atoms with Crippen molar-refractivity contribution in [3.05, 3.63) is 29.3 Å². The number of hydrogen-bond acceptors (Lipinski definition) is 2. The summed E-state index contributed by atoms with van der Waals surface area (Å²) in [6, 6.07) is 2.36. The number of benzene rings is 1. The standard InChI is InChI=1S/C14H17F2NO2/c1-8(2)14(5-6-14)7-17-10-4-3-9(13(18)19)11(15)12(10)16/h3-4,8,17H,5-7H2,1-2H3,(H,18,19). The van der Waals surface area contributed by atoms with Crippen LogP contribution in [0, 0.1) is 23.0 Å². The first-order valence-corrected chi connectivity index (χ1v) is 6.32. The van der Waals surface area contributed by atoms with E-state index in [4.69, 9.17) is 5.11 Å². The van der Waals surface area contributed by atoms with E-state index in [0.29, 0.717) is 12.5 Å². The Bertz CT molecular complexity index is 510. The summed E-state index contributed by atoms with van der Waals surface area (Å²) in [7, 11) is 0. The highest BCUT2D eigenvalue weighted by Crippen LogP contribution is 2.51. The average Bonchev–Trinajstić information content (AvgIpc) is 3.11. The van der Waals surface area contributed by atoms with Crippen molar-refractivity contribution in [3.8, 4) is 0 Å². The van der Waals surface area contributed by atoms with Gasteiger partial charge in [0.2, 0.25) is 0 Å². The van der Waals surface area contributed by atoms with E-state index in [-0.39, 0.29) is 11.1 Å². The first-order chi connectivity index (χ1) is 8.87. The van der Waals surface area contributed by atoms with E-state index in [2.05, 4.69) is 19.2 Å². The van der Waals surface area contributed by atoms with E-state index in [0.717, 1.165) is 18.9 Å². The molecular formula is C14H17F2NO2. The van der Waals surface area contributed by atoms with Crippen LogP contribution in [-0.4, -0.2) is 17.6 Å². The molecule has 2 rings (SSSR count). The minimum absolute atomic E-state index is 0.0226. The van der Waals surface area contributed by atoms with Crippen LogP contribution in [0.4, 0.5) is 14.5 Å². The summed E-state index contributed by atoms with van der Waals surface area (Å²) in [4.78, 5) is 10.7. The number of carboxylic acid groups (broad SMARTS) is 1. The molecule has 1 aromatic rings. The first-order valence-electron chi connectivity index (χ1n) is 6.32. The highest BCUT2D eigenvalue weighted by Gasteiger charge is 2.45. The zero-order valence-corrected chi connectivity index (χ0v) is 11.0. The first kappa shape index (κ1) is 13.8. The lowest BCUT2D eigenvalue weighted by atomic mass is 9.92. The molecule has 0 saturated heterocycles. The van der Waals surface area contributed by atoms with Crippen molar-refractivity contribution >= 4 is 11.7 Å². The molecule has 1 saturated carbocycles. The minimum atomic E-state index is -1.47. The predicted octanol–water partition coefficient (Wildman–Crippen LogP) is 3.51. The molecule has 1 aliphatic rings. The van der Waals surface area contributed by atoms with Crippen LogP contribution in [0.25, 0.3) is 0 Å². The number of rotatable bonds is 5. The number of anilines is 1. The van der Waals surface area contributed by atoms with Gasteiger partial charge in [-0.1, -0.05) is 13.8 Å². The van der Waals surface area contributed by atoms with Crippen molar-refractivity contribution in [1.29, 1.82) is 0 Å². The van der Waals surface area contributed by atoms with Crippen molar-refractivity contribution in [1.82, 2.24) is 0 Å². The molecule has 0 aliphatic heterocycles. The Labute approximate surface area is 110 Å². The summed E-state index contributed by atoms with van der Waals surface area (Å²) >= 11 is 0. The average molecular weight is 269 g/mol. The zero-order chi connectivity index (χ0) is 14.2. The Hall–Kier alpha value is -1.65. The second kappa shape index (κ2) is 4.79. The molecule has 0 heterocycles. The molecule has 19 heavy (non-hydrogen) atoms. The third kappa shape index (κ3) is 2.55. The van der Waals surface area contributed by atoms with Gasteiger partial charge in [-0.05, 0) is 36.3 Å². The zero-order valence-electron chi connectivity index (χ0n) is 11.0. The number of nitrogens with one attached hydrogen (secondary N) is 1. The molecule has 104 valence electrons. The largest absolute Gasteiger partial charge is 0.478 e. The van der Waals surface area contributed by atoms with Gasteiger partial charge in [-0.15, -0.1) is 0 Å². The molecule has 5 heteroatoms. The quantitative estimate of drug-likeness (QED) is 0.860. The lowest BCUT2D eigenvalue weighted by Crippen LogP contribution is -2.21. The molecule has 1 aliphatic carbocycles. The highest BCUT2D eigenvalue weighted by atomic mass is 19.2. The normalized spacial score (nSPS) is 16.5. The fourth-order valence-electron chi connectivity index (χ4n) is 2.24. The van der Waals surface area contributed by atoms with Gasteiger partial charge in [0.05, 0.1) is 11.3 Å². The van der Waals surface area contributed by atoms with Gasteiger partial charge in [0.15, 0.2) is 11.6 Å². The monoisotopic (exact) mass is 269 g/mol. The van der Waals surface area contributed by atoms with E-state index in [1.807, 2.05) is 0 Å². The lowest BCUT2D eigenvalue weighted by Gasteiger charge is -2.21. The molecule has 0 unspecified atom stereocenters. The summed E-state index contributed by atoms with van der Waals surface area (Å²) in [5.41, 5.74) is -0.462. The van der Waals surface area contributed by atoms with Crippen molar-refractivity contribution in [2.45, 2.75) is 26.7 Å².